The van der Waals surface area contributed by atoms with Crippen LogP contribution in [-0.2, 0) is 0 Å². The molecule has 4 heterocycles. The number of hydrogen-bond donors (Lipinski definition) is 2. The summed E-state index contributed by atoms with van der Waals surface area (Å²) in [6.07, 6.45) is 7.53. The van der Waals surface area contributed by atoms with E-state index in [4.69, 9.17) is 11.6 Å². The monoisotopic (exact) mass is 584 g/mol. The molecule has 4 aromatic heterocycles. The van der Waals surface area contributed by atoms with Gasteiger partial charge in [-0.15, -0.1) is 0 Å². The highest BCUT2D eigenvalue weighted by Crippen LogP contribution is 2.22. The van der Waals surface area contributed by atoms with Crippen LogP contribution in [0.1, 0.15) is 21.0 Å². The van der Waals surface area contributed by atoms with Crippen molar-refractivity contribution < 1.29 is 9.59 Å². The van der Waals surface area contributed by atoms with Crippen LogP contribution < -0.4 is 10.6 Å². The van der Waals surface area contributed by atoms with Crippen LogP contribution in [0.3, 0.4) is 0 Å². The topological polar surface area (TPSA) is 136 Å². The van der Waals surface area contributed by atoms with E-state index >= 15 is 0 Å². The van der Waals surface area contributed by atoms with Gasteiger partial charge in [0.25, 0.3) is 11.8 Å². The van der Waals surface area contributed by atoms with Crippen molar-refractivity contribution in [3.63, 3.8) is 0 Å². The number of nitrogens with zero attached hydrogens (tertiary/aromatic N) is 6. The number of aromatic nitrogens is 6. The van der Waals surface area contributed by atoms with Crippen LogP contribution in [0.25, 0.3) is 32.8 Å². The summed E-state index contributed by atoms with van der Waals surface area (Å²) < 4.78 is 0. The van der Waals surface area contributed by atoms with Crippen molar-refractivity contribution in [3.05, 3.63) is 132 Å². The fourth-order valence-corrected chi connectivity index (χ4v) is 4.38. The lowest BCUT2D eigenvalue weighted by Crippen LogP contribution is -2.14. The van der Waals surface area contributed by atoms with E-state index in [1.165, 1.54) is 18.6 Å². The Morgan fingerprint density at radius 1 is 0.535 bits per heavy atom. The molecule has 7 rings (SSSR count). The average Bonchev–Trinajstić information content (AvgIpc) is 3.05. The fraction of sp³-hybridized carbons (Fsp3) is 0. The summed E-state index contributed by atoms with van der Waals surface area (Å²) in [4.78, 5) is 49.5. The Morgan fingerprint density at radius 3 is 1.70 bits per heavy atom. The van der Waals surface area contributed by atoms with Crippen molar-refractivity contribution >= 4 is 67.6 Å². The Kier molecular flexibility index (Phi) is 7.83. The van der Waals surface area contributed by atoms with E-state index in [-0.39, 0.29) is 28.4 Å². The van der Waals surface area contributed by atoms with Crippen molar-refractivity contribution in [2.75, 3.05) is 10.6 Å². The quantitative estimate of drug-likeness (QED) is 0.244. The molecule has 0 radical (unpaired) electrons. The van der Waals surface area contributed by atoms with Gasteiger partial charge < -0.3 is 10.6 Å². The van der Waals surface area contributed by atoms with Gasteiger partial charge in [-0.2, -0.15) is 0 Å². The van der Waals surface area contributed by atoms with Crippen molar-refractivity contribution in [2.24, 2.45) is 0 Å². The van der Waals surface area contributed by atoms with E-state index in [1.54, 1.807) is 18.5 Å². The third-order valence-corrected chi connectivity index (χ3v) is 6.49. The molecule has 0 aliphatic heterocycles. The largest absolute Gasteiger partial charge is 0.319 e. The summed E-state index contributed by atoms with van der Waals surface area (Å²) in [6, 6.07) is 26.3. The number of anilines is 2. The first kappa shape index (κ1) is 27.3. The minimum Gasteiger partial charge on any atom is -0.319 e. The third kappa shape index (κ3) is 6.24. The molecule has 0 spiro atoms. The molecule has 0 aliphatic carbocycles. The minimum absolute atomic E-state index is 0.197. The highest BCUT2D eigenvalue weighted by atomic mass is 35.5. The summed E-state index contributed by atoms with van der Waals surface area (Å²) in [7, 11) is 0. The molecule has 0 saturated carbocycles. The number of para-hydroxylation sites is 4. The zero-order chi connectivity index (χ0) is 29.6. The number of carbonyl (C=O) groups excluding carboxylic acids is 2. The Labute approximate surface area is 249 Å². The first-order valence-corrected chi connectivity index (χ1v) is 13.4. The Bertz CT molecular complexity index is 2090. The van der Waals surface area contributed by atoms with Gasteiger partial charge in [0.1, 0.15) is 16.5 Å². The molecular weight excluding hydrogens is 564 g/mol. The van der Waals surface area contributed by atoms with Crippen LogP contribution in [0.4, 0.5) is 11.4 Å². The van der Waals surface area contributed by atoms with Gasteiger partial charge in [0.05, 0.1) is 52.0 Å². The summed E-state index contributed by atoms with van der Waals surface area (Å²) in [6.45, 7) is 0. The molecule has 10 nitrogen and oxygen atoms in total. The first-order valence-electron chi connectivity index (χ1n) is 13.0. The molecule has 3 aromatic carbocycles. The molecule has 208 valence electrons. The number of rotatable bonds is 4. The number of benzene rings is 3. The van der Waals surface area contributed by atoms with E-state index in [0.29, 0.717) is 16.9 Å². The van der Waals surface area contributed by atoms with Gasteiger partial charge in [0.15, 0.2) is 0 Å². The number of carbonyl (C=O) groups is 2. The standard InChI is InChI=1S/C18H12N4O.C14H9ClN4O/c23-18(16-11-20-13-7-1-2-8-14(13)21-16)22-15-9-3-5-12-6-4-10-19-17(12)15;15-12-8-17-11(7-18-12)14(20)19-10-5-1-3-9-4-2-6-16-13(9)10/h1-11H,(H,22,23);1-8H,(H,19,20). The molecule has 43 heavy (non-hydrogen) atoms. The van der Waals surface area contributed by atoms with Gasteiger partial charge in [0.2, 0.25) is 0 Å². The smallest absolute Gasteiger partial charge is 0.275 e. The lowest BCUT2D eigenvalue weighted by molar-refractivity contribution is 0.101. The molecule has 0 aliphatic rings. The van der Waals surface area contributed by atoms with Crippen LogP contribution in [0, 0.1) is 0 Å². The molecule has 0 bridgehead atoms. The van der Waals surface area contributed by atoms with E-state index in [1.807, 2.05) is 78.9 Å². The van der Waals surface area contributed by atoms with Crippen LogP contribution in [0.2, 0.25) is 5.15 Å². The summed E-state index contributed by atoms with van der Waals surface area (Å²) in [5, 5.41) is 7.80. The zero-order valence-electron chi connectivity index (χ0n) is 22.3. The molecule has 0 saturated heterocycles. The number of hydrogen-bond acceptors (Lipinski definition) is 8. The Hall–Kier alpha value is -5.87. The second-order valence-corrected chi connectivity index (χ2v) is 9.53. The lowest BCUT2D eigenvalue weighted by atomic mass is 10.2. The van der Waals surface area contributed by atoms with Gasteiger partial charge in [-0.25, -0.2) is 15.0 Å². The number of halogens is 1. The van der Waals surface area contributed by atoms with E-state index < -0.39 is 0 Å². The first-order chi connectivity index (χ1) is 21.0. The second-order valence-electron chi connectivity index (χ2n) is 9.14. The predicted molar refractivity (Wildman–Crippen MR) is 166 cm³/mol. The Balaban J connectivity index is 0.000000155. The lowest BCUT2D eigenvalue weighted by Gasteiger charge is -2.07. The summed E-state index contributed by atoms with van der Waals surface area (Å²) in [5.41, 5.74) is 4.68. The maximum atomic E-state index is 12.5. The van der Waals surface area contributed by atoms with Crippen molar-refractivity contribution in [3.8, 4) is 0 Å². The fourth-order valence-electron chi connectivity index (χ4n) is 4.28. The van der Waals surface area contributed by atoms with E-state index in [2.05, 4.69) is 40.5 Å². The molecule has 2 N–H and O–H groups in total. The van der Waals surface area contributed by atoms with Gasteiger partial charge in [-0.3, -0.25) is 24.5 Å². The molecule has 0 atom stereocenters. The minimum atomic E-state index is -0.354. The molecule has 11 heteroatoms. The van der Waals surface area contributed by atoms with E-state index in [9.17, 15) is 9.59 Å². The molecular formula is C32H21ClN8O2. The van der Waals surface area contributed by atoms with Crippen LogP contribution >= 0.6 is 11.6 Å². The zero-order valence-corrected chi connectivity index (χ0v) is 23.1. The van der Waals surface area contributed by atoms with Gasteiger partial charge in [-0.1, -0.05) is 60.1 Å². The molecule has 0 unspecified atom stereocenters. The SMILES string of the molecule is O=C(Nc1cccc2cccnc12)c1cnc(Cl)cn1.O=C(Nc1cccc2cccnc12)c1cnc2ccccc2n1. The number of amides is 2. The summed E-state index contributed by atoms with van der Waals surface area (Å²) in [5.74, 6) is -0.659. The van der Waals surface area contributed by atoms with Gasteiger partial charge in [0, 0.05) is 23.2 Å². The van der Waals surface area contributed by atoms with Gasteiger partial charge in [-0.05, 0) is 36.4 Å². The maximum absolute atomic E-state index is 12.5. The highest BCUT2D eigenvalue weighted by Gasteiger charge is 2.12. The van der Waals surface area contributed by atoms with Crippen molar-refractivity contribution in [1.29, 1.82) is 0 Å². The molecule has 7 aromatic rings. The van der Waals surface area contributed by atoms with Crippen LogP contribution in [0.5, 0.6) is 0 Å². The van der Waals surface area contributed by atoms with Crippen LogP contribution in [0.15, 0.2) is 116 Å². The third-order valence-electron chi connectivity index (χ3n) is 6.30. The molecule has 0 fully saturated rings. The van der Waals surface area contributed by atoms with Crippen molar-refractivity contribution in [1.82, 2.24) is 29.9 Å². The summed E-state index contributed by atoms with van der Waals surface area (Å²) >= 11 is 5.64. The average molecular weight is 585 g/mol. The predicted octanol–water partition coefficient (Wildman–Crippen LogP) is 6.36. The number of nitrogens with one attached hydrogen (secondary N) is 2. The van der Waals surface area contributed by atoms with Gasteiger partial charge >= 0.3 is 0 Å². The Morgan fingerprint density at radius 2 is 1.09 bits per heavy atom. The number of pyridine rings is 2. The van der Waals surface area contributed by atoms with Crippen molar-refractivity contribution in [2.45, 2.75) is 0 Å². The maximum Gasteiger partial charge on any atom is 0.275 e. The molecule has 2 amide bonds. The van der Waals surface area contributed by atoms with Crippen LogP contribution in [-0.4, -0.2) is 41.7 Å². The highest BCUT2D eigenvalue weighted by molar-refractivity contribution is 6.29. The van der Waals surface area contributed by atoms with E-state index in [0.717, 1.165) is 27.3 Å². The second kappa shape index (κ2) is 12.3. The number of fused-ring (bicyclic) bond motifs is 3. The normalized spacial score (nSPS) is 10.6.